The van der Waals surface area contributed by atoms with Gasteiger partial charge < -0.3 is 28.5 Å². The number of hydrogen-bond donors (Lipinski definition) is 1. The van der Waals surface area contributed by atoms with Gasteiger partial charge in [-0.05, 0) is 70.6 Å². The van der Waals surface area contributed by atoms with Gasteiger partial charge in [-0.1, -0.05) is 281 Å². The van der Waals surface area contributed by atoms with E-state index in [0.29, 0.717) is 17.4 Å². The maximum absolute atomic E-state index is 12.9. The van der Waals surface area contributed by atoms with Gasteiger partial charge in [-0.15, -0.1) is 0 Å². The summed E-state index contributed by atoms with van der Waals surface area (Å²) in [5.41, 5.74) is 0. The Kier molecular flexibility index (Phi) is 58.7. The lowest BCUT2D eigenvalue weighted by atomic mass is 10.0. The van der Waals surface area contributed by atoms with Crippen molar-refractivity contribution in [1.82, 2.24) is 0 Å². The lowest BCUT2D eigenvalue weighted by molar-refractivity contribution is -0.870. The molecule has 0 amide bonds. The highest BCUT2D eigenvalue weighted by atomic mass is 16.7. The highest BCUT2D eigenvalue weighted by Gasteiger charge is 2.25. The van der Waals surface area contributed by atoms with Crippen LogP contribution in [0.2, 0.25) is 0 Å². The van der Waals surface area contributed by atoms with Gasteiger partial charge >= 0.3 is 17.9 Å². The zero-order chi connectivity index (χ0) is 56.9. The second-order valence-corrected chi connectivity index (χ2v) is 24.1. The fourth-order valence-corrected chi connectivity index (χ4v) is 9.92. The molecule has 0 rings (SSSR count). The second-order valence-electron chi connectivity index (χ2n) is 24.1. The molecule has 2 unspecified atom stereocenters. The number of aliphatic carboxylic acids is 1. The summed E-state index contributed by atoms with van der Waals surface area (Å²) < 4.78 is 22.9. The SMILES string of the molecule is CCCCCCC/C=C\C/C=C\CCCCCCCCCCCCCCCCCCCCCCCCCCCCCC(=O)OC(COC(=O)CCCCCCC/C=C\CCCCCCC)COC(OCC[N+](C)(C)C)C(=O)O. The number of allylic oxidation sites excluding steroid dienone is 6. The van der Waals surface area contributed by atoms with Gasteiger partial charge in [0.05, 0.1) is 34.4 Å². The van der Waals surface area contributed by atoms with Crippen molar-refractivity contribution >= 4 is 17.9 Å². The minimum Gasteiger partial charge on any atom is -0.477 e. The highest BCUT2D eigenvalue weighted by Crippen LogP contribution is 2.18. The van der Waals surface area contributed by atoms with E-state index < -0.39 is 18.4 Å². The minimum absolute atomic E-state index is 0.182. The number of nitrogens with zero attached hydrogens (tertiary/aromatic N) is 1. The smallest absolute Gasteiger partial charge is 0.361 e. The maximum Gasteiger partial charge on any atom is 0.361 e. The molecular weight excluding hydrogens is 971 g/mol. The summed E-state index contributed by atoms with van der Waals surface area (Å²) in [5, 5.41) is 9.71. The third-order valence-corrected chi connectivity index (χ3v) is 15.1. The van der Waals surface area contributed by atoms with Crippen molar-refractivity contribution in [2.75, 3.05) is 47.5 Å². The number of carboxylic acids is 1. The molecule has 9 heteroatoms. The standard InChI is InChI=1S/C69H129NO8/c1-6-8-10-12-14-16-18-20-22-23-24-25-26-27-28-29-30-31-32-33-34-35-36-37-38-39-40-41-42-43-44-45-46-48-50-52-54-56-58-60-67(72)78-65(64-77-69(68(73)74)75-62-61-70(3,4)5)63-76-66(71)59-57-55-53-51-49-47-21-19-17-15-13-11-9-7-2/h18-21,23-24,65,69H,6-17,22,25-64H2,1-5H3/p+1/b20-18-,21-19-,24-23-. The molecule has 458 valence electrons. The van der Waals surface area contributed by atoms with E-state index in [1.165, 1.54) is 244 Å². The molecule has 0 saturated heterocycles. The Balaban J connectivity index is 3.92. The first-order valence-corrected chi connectivity index (χ1v) is 33.7. The van der Waals surface area contributed by atoms with Crippen LogP contribution >= 0.6 is 0 Å². The molecular formula is C69H130NO8+. The van der Waals surface area contributed by atoms with Crippen molar-refractivity contribution in [1.29, 1.82) is 0 Å². The third-order valence-electron chi connectivity index (χ3n) is 15.1. The Hall–Kier alpha value is -2.49. The van der Waals surface area contributed by atoms with Crippen molar-refractivity contribution in [3.8, 4) is 0 Å². The van der Waals surface area contributed by atoms with Crippen molar-refractivity contribution in [3.63, 3.8) is 0 Å². The normalized spacial score (nSPS) is 12.9. The molecule has 1 N–H and O–H groups in total. The number of carbonyl (C=O) groups is 3. The Bertz CT molecular complexity index is 1370. The lowest BCUT2D eigenvalue weighted by Crippen LogP contribution is -2.40. The lowest BCUT2D eigenvalue weighted by Gasteiger charge is -2.25. The van der Waals surface area contributed by atoms with Gasteiger partial charge in [0.15, 0.2) is 6.10 Å². The number of carboxylic acid groups (broad SMARTS) is 1. The summed E-state index contributed by atoms with van der Waals surface area (Å²) in [7, 11) is 5.98. The number of hydrogen-bond acceptors (Lipinski definition) is 7. The summed E-state index contributed by atoms with van der Waals surface area (Å²) in [4.78, 5) is 37.4. The first-order valence-electron chi connectivity index (χ1n) is 33.7. The second kappa shape index (κ2) is 60.6. The zero-order valence-electron chi connectivity index (χ0n) is 52.3. The Morgan fingerprint density at radius 2 is 0.692 bits per heavy atom. The van der Waals surface area contributed by atoms with Crippen LogP contribution in [0, 0.1) is 0 Å². The number of ether oxygens (including phenoxy) is 4. The van der Waals surface area contributed by atoms with Crippen LogP contribution < -0.4 is 0 Å². The van der Waals surface area contributed by atoms with E-state index in [-0.39, 0.29) is 38.2 Å². The Labute approximate surface area is 483 Å². The topological polar surface area (TPSA) is 108 Å². The molecule has 0 aromatic heterocycles. The van der Waals surface area contributed by atoms with Crippen LogP contribution in [0.25, 0.3) is 0 Å². The van der Waals surface area contributed by atoms with Gasteiger partial charge in [0, 0.05) is 12.8 Å². The predicted octanol–water partition coefficient (Wildman–Crippen LogP) is 20.4. The van der Waals surface area contributed by atoms with Crippen LogP contribution in [-0.4, -0.2) is 87.4 Å². The molecule has 0 saturated carbocycles. The molecule has 0 radical (unpaired) electrons. The monoisotopic (exact) mass is 1100 g/mol. The molecule has 0 aliphatic rings. The van der Waals surface area contributed by atoms with Crippen LogP contribution in [0.15, 0.2) is 36.5 Å². The summed E-state index contributed by atoms with van der Waals surface area (Å²) >= 11 is 0. The summed E-state index contributed by atoms with van der Waals surface area (Å²) in [5.74, 6) is -2.00. The molecule has 0 aliphatic heterocycles. The van der Waals surface area contributed by atoms with Crippen molar-refractivity contribution in [3.05, 3.63) is 36.5 Å². The fraction of sp³-hybridized carbons (Fsp3) is 0.870. The van der Waals surface area contributed by atoms with Crippen LogP contribution in [0.5, 0.6) is 0 Å². The van der Waals surface area contributed by atoms with E-state index in [0.717, 1.165) is 57.8 Å². The first kappa shape index (κ1) is 75.5. The molecule has 9 nitrogen and oxygen atoms in total. The van der Waals surface area contributed by atoms with Gasteiger partial charge in [0.1, 0.15) is 13.2 Å². The molecule has 78 heavy (non-hydrogen) atoms. The van der Waals surface area contributed by atoms with Crippen molar-refractivity contribution in [2.45, 2.75) is 341 Å². The average molecular weight is 1100 g/mol. The van der Waals surface area contributed by atoms with E-state index in [1.54, 1.807) is 0 Å². The molecule has 0 aromatic carbocycles. The van der Waals surface area contributed by atoms with E-state index >= 15 is 0 Å². The molecule has 0 fully saturated rings. The number of likely N-dealkylation sites (N-methyl/N-ethyl adjacent to an activating group) is 1. The maximum atomic E-state index is 12.9. The molecule has 0 spiro atoms. The van der Waals surface area contributed by atoms with E-state index in [4.69, 9.17) is 18.9 Å². The van der Waals surface area contributed by atoms with E-state index in [1.807, 2.05) is 21.1 Å². The Morgan fingerprint density at radius 1 is 0.385 bits per heavy atom. The first-order chi connectivity index (χ1) is 38.1. The van der Waals surface area contributed by atoms with Gasteiger partial charge in [-0.2, -0.15) is 0 Å². The number of quaternary nitrogens is 1. The highest BCUT2D eigenvalue weighted by molar-refractivity contribution is 5.71. The van der Waals surface area contributed by atoms with Crippen LogP contribution in [0.1, 0.15) is 328 Å². The molecule has 0 aromatic rings. The number of carbonyl (C=O) groups excluding carboxylic acids is 2. The van der Waals surface area contributed by atoms with Gasteiger partial charge in [0.2, 0.25) is 0 Å². The van der Waals surface area contributed by atoms with Crippen molar-refractivity contribution in [2.24, 2.45) is 0 Å². The molecule has 0 bridgehead atoms. The molecule has 0 aliphatic carbocycles. The predicted molar refractivity (Wildman–Crippen MR) is 332 cm³/mol. The van der Waals surface area contributed by atoms with Gasteiger partial charge in [-0.25, -0.2) is 4.79 Å². The summed E-state index contributed by atoms with van der Waals surface area (Å²) in [6, 6.07) is 0. The Morgan fingerprint density at radius 3 is 1.03 bits per heavy atom. The van der Waals surface area contributed by atoms with E-state index in [2.05, 4.69) is 50.3 Å². The molecule has 0 heterocycles. The minimum atomic E-state index is -1.51. The van der Waals surface area contributed by atoms with E-state index in [9.17, 15) is 19.5 Å². The van der Waals surface area contributed by atoms with Crippen molar-refractivity contribution < 1.29 is 42.9 Å². The van der Waals surface area contributed by atoms with Crippen LogP contribution in [-0.2, 0) is 33.3 Å². The quantitative estimate of drug-likeness (QED) is 0.0211. The van der Waals surface area contributed by atoms with Gasteiger partial charge in [0.25, 0.3) is 6.29 Å². The number of esters is 2. The van der Waals surface area contributed by atoms with Crippen LogP contribution in [0.3, 0.4) is 0 Å². The number of rotatable bonds is 63. The average Bonchev–Trinajstić information content (AvgIpc) is 3.41. The number of unbranched alkanes of at least 4 members (excludes halogenated alkanes) is 42. The summed E-state index contributed by atoms with van der Waals surface area (Å²) in [6.07, 6.45) is 72.8. The van der Waals surface area contributed by atoms with Crippen LogP contribution in [0.4, 0.5) is 0 Å². The zero-order valence-corrected chi connectivity index (χ0v) is 52.3. The summed E-state index contributed by atoms with van der Waals surface area (Å²) in [6.45, 7) is 4.89. The third kappa shape index (κ3) is 61.1. The largest absolute Gasteiger partial charge is 0.477 e. The van der Waals surface area contributed by atoms with Gasteiger partial charge in [-0.3, -0.25) is 9.59 Å². The molecule has 2 atom stereocenters. The fourth-order valence-electron chi connectivity index (χ4n) is 9.92.